The summed E-state index contributed by atoms with van der Waals surface area (Å²) in [6.45, 7) is 5.54. The van der Waals surface area contributed by atoms with E-state index in [1.54, 1.807) is 36.9 Å². The van der Waals surface area contributed by atoms with Gasteiger partial charge in [-0.15, -0.1) is 0 Å². The van der Waals surface area contributed by atoms with Gasteiger partial charge in [0.25, 0.3) is 5.91 Å². The topological polar surface area (TPSA) is 113 Å². The lowest BCUT2D eigenvalue weighted by Gasteiger charge is -2.34. The molecule has 1 aliphatic rings. The van der Waals surface area contributed by atoms with E-state index in [1.165, 1.54) is 17.3 Å². The molecule has 1 N–H and O–H groups in total. The standard InChI is InChI=1S/C18H22N4O5S/c1-12-17(13(2)20-19-12)28(25,26)22-9-7-21(8-10-22)18(24)15-5-4-6-16(11-15)27-14(3)23/h4-6,11H,7-10H2,1-3H3,(H,19,20). The van der Waals surface area contributed by atoms with Crippen molar-refractivity contribution in [2.75, 3.05) is 26.2 Å². The molecule has 0 atom stereocenters. The average Bonchev–Trinajstić information content (AvgIpc) is 3.00. The van der Waals surface area contributed by atoms with Gasteiger partial charge < -0.3 is 9.64 Å². The van der Waals surface area contributed by atoms with Crippen LogP contribution in [0.1, 0.15) is 28.7 Å². The molecular weight excluding hydrogens is 384 g/mol. The molecule has 10 heteroatoms. The van der Waals surface area contributed by atoms with Crippen molar-refractivity contribution >= 4 is 21.9 Å². The first-order valence-electron chi connectivity index (χ1n) is 8.79. The predicted molar refractivity (Wildman–Crippen MR) is 100 cm³/mol. The van der Waals surface area contributed by atoms with Crippen LogP contribution < -0.4 is 4.74 Å². The molecular formula is C18H22N4O5S. The third-order valence-corrected chi connectivity index (χ3v) is 6.69. The van der Waals surface area contributed by atoms with Crippen molar-refractivity contribution in [1.82, 2.24) is 19.4 Å². The average molecular weight is 406 g/mol. The summed E-state index contributed by atoms with van der Waals surface area (Å²) in [6.07, 6.45) is 0. The number of carbonyl (C=O) groups is 2. The molecule has 3 rings (SSSR count). The molecule has 0 bridgehead atoms. The molecule has 28 heavy (non-hydrogen) atoms. The van der Waals surface area contributed by atoms with E-state index in [4.69, 9.17) is 4.74 Å². The van der Waals surface area contributed by atoms with Crippen LogP contribution in [0, 0.1) is 13.8 Å². The second kappa shape index (κ2) is 7.72. The van der Waals surface area contributed by atoms with Gasteiger partial charge in [0.05, 0.1) is 11.4 Å². The van der Waals surface area contributed by atoms with Gasteiger partial charge in [-0.3, -0.25) is 14.7 Å². The van der Waals surface area contributed by atoms with Crippen LogP contribution in [0.15, 0.2) is 29.2 Å². The Morgan fingerprint density at radius 3 is 2.39 bits per heavy atom. The summed E-state index contributed by atoms with van der Waals surface area (Å²) < 4.78 is 32.2. The number of piperazine rings is 1. The summed E-state index contributed by atoms with van der Waals surface area (Å²) in [4.78, 5) is 25.6. The molecule has 1 fully saturated rings. The van der Waals surface area contributed by atoms with E-state index < -0.39 is 16.0 Å². The number of benzene rings is 1. The van der Waals surface area contributed by atoms with Crippen LogP contribution in [0.2, 0.25) is 0 Å². The molecule has 0 spiro atoms. The van der Waals surface area contributed by atoms with Gasteiger partial charge in [-0.2, -0.15) is 9.40 Å². The molecule has 2 heterocycles. The highest BCUT2D eigenvalue weighted by Crippen LogP contribution is 2.23. The van der Waals surface area contributed by atoms with Crippen molar-refractivity contribution in [3.05, 3.63) is 41.2 Å². The van der Waals surface area contributed by atoms with E-state index in [1.807, 2.05) is 0 Å². The molecule has 9 nitrogen and oxygen atoms in total. The highest BCUT2D eigenvalue weighted by atomic mass is 32.2. The molecule has 1 aromatic carbocycles. The fraction of sp³-hybridized carbons (Fsp3) is 0.389. The Labute approximate surface area is 163 Å². The van der Waals surface area contributed by atoms with Gasteiger partial charge in [-0.25, -0.2) is 8.42 Å². The number of sulfonamides is 1. The number of hydrogen-bond donors (Lipinski definition) is 1. The highest BCUT2D eigenvalue weighted by Gasteiger charge is 2.33. The van der Waals surface area contributed by atoms with Crippen molar-refractivity contribution in [1.29, 1.82) is 0 Å². The Morgan fingerprint density at radius 1 is 1.14 bits per heavy atom. The number of H-pyrrole nitrogens is 1. The molecule has 0 saturated carbocycles. The largest absolute Gasteiger partial charge is 0.427 e. The molecule has 0 radical (unpaired) electrons. The third kappa shape index (κ3) is 3.92. The maximum Gasteiger partial charge on any atom is 0.308 e. The number of hydrogen-bond acceptors (Lipinski definition) is 6. The van der Waals surface area contributed by atoms with Crippen LogP contribution in [0.4, 0.5) is 0 Å². The van der Waals surface area contributed by atoms with Crippen molar-refractivity contribution < 1.29 is 22.7 Å². The zero-order valence-electron chi connectivity index (χ0n) is 15.9. The number of amides is 1. The molecule has 1 saturated heterocycles. The smallest absolute Gasteiger partial charge is 0.308 e. The number of nitrogens with zero attached hydrogens (tertiary/aromatic N) is 3. The Balaban J connectivity index is 1.70. The van der Waals surface area contributed by atoms with E-state index in [9.17, 15) is 18.0 Å². The summed E-state index contributed by atoms with van der Waals surface area (Å²) in [5, 5.41) is 6.65. The molecule has 2 aromatic rings. The van der Waals surface area contributed by atoms with Gasteiger partial charge in [-0.05, 0) is 32.0 Å². The number of ether oxygens (including phenoxy) is 1. The van der Waals surface area contributed by atoms with Gasteiger partial charge in [0.1, 0.15) is 10.6 Å². The fourth-order valence-electron chi connectivity index (χ4n) is 3.22. The first-order valence-corrected chi connectivity index (χ1v) is 10.2. The van der Waals surface area contributed by atoms with Gasteiger partial charge in [-0.1, -0.05) is 6.07 Å². The normalized spacial score (nSPS) is 15.5. The number of aromatic amines is 1. The van der Waals surface area contributed by atoms with Crippen LogP contribution in [-0.4, -0.2) is 65.9 Å². The highest BCUT2D eigenvalue weighted by molar-refractivity contribution is 7.89. The molecule has 150 valence electrons. The molecule has 1 aliphatic heterocycles. The summed E-state index contributed by atoms with van der Waals surface area (Å²) in [7, 11) is -3.67. The molecule has 0 aliphatic carbocycles. The second-order valence-corrected chi connectivity index (χ2v) is 8.46. The van der Waals surface area contributed by atoms with Crippen LogP contribution in [-0.2, 0) is 14.8 Å². The van der Waals surface area contributed by atoms with Crippen LogP contribution in [0.25, 0.3) is 0 Å². The van der Waals surface area contributed by atoms with Crippen LogP contribution >= 0.6 is 0 Å². The van der Waals surface area contributed by atoms with Crippen molar-refractivity contribution in [2.24, 2.45) is 0 Å². The minimum Gasteiger partial charge on any atom is -0.427 e. The summed E-state index contributed by atoms with van der Waals surface area (Å²) in [6, 6.07) is 6.37. The molecule has 1 amide bonds. The van der Waals surface area contributed by atoms with Crippen LogP contribution in [0.5, 0.6) is 5.75 Å². The predicted octanol–water partition coefficient (Wildman–Crippen LogP) is 1.10. The maximum atomic E-state index is 12.9. The van der Waals surface area contributed by atoms with E-state index in [-0.39, 0.29) is 37.0 Å². The zero-order chi connectivity index (χ0) is 20.5. The quantitative estimate of drug-likeness (QED) is 0.601. The van der Waals surface area contributed by atoms with Gasteiger partial charge in [0, 0.05) is 38.7 Å². The third-order valence-electron chi connectivity index (χ3n) is 4.53. The van der Waals surface area contributed by atoms with Crippen LogP contribution in [0.3, 0.4) is 0 Å². The lowest BCUT2D eigenvalue weighted by atomic mass is 10.1. The van der Waals surface area contributed by atoms with Gasteiger partial charge in [0.2, 0.25) is 10.0 Å². The van der Waals surface area contributed by atoms with Gasteiger partial charge >= 0.3 is 5.97 Å². The van der Waals surface area contributed by atoms with Crippen molar-refractivity contribution in [3.63, 3.8) is 0 Å². The number of esters is 1. The second-order valence-electron chi connectivity index (χ2n) is 6.58. The summed E-state index contributed by atoms with van der Waals surface area (Å²) in [5.41, 5.74) is 1.31. The van der Waals surface area contributed by atoms with E-state index in [2.05, 4.69) is 10.2 Å². The number of nitrogens with one attached hydrogen (secondary N) is 1. The molecule has 0 unspecified atom stereocenters. The van der Waals surface area contributed by atoms with Crippen molar-refractivity contribution in [3.8, 4) is 5.75 Å². The zero-order valence-corrected chi connectivity index (χ0v) is 16.7. The fourth-order valence-corrected chi connectivity index (χ4v) is 4.98. The van der Waals surface area contributed by atoms with E-state index in [0.717, 1.165) is 0 Å². The Hall–Kier alpha value is -2.72. The first kappa shape index (κ1) is 20.0. The summed E-state index contributed by atoms with van der Waals surface area (Å²) >= 11 is 0. The van der Waals surface area contributed by atoms with E-state index in [0.29, 0.717) is 22.7 Å². The van der Waals surface area contributed by atoms with Crippen molar-refractivity contribution in [2.45, 2.75) is 25.7 Å². The number of aromatic nitrogens is 2. The number of carbonyl (C=O) groups excluding carboxylic acids is 2. The minimum atomic E-state index is -3.67. The number of aryl methyl sites for hydroxylation is 2. The minimum absolute atomic E-state index is 0.196. The lowest BCUT2D eigenvalue weighted by Crippen LogP contribution is -2.50. The summed E-state index contributed by atoms with van der Waals surface area (Å²) in [5.74, 6) is -0.402. The lowest BCUT2D eigenvalue weighted by molar-refractivity contribution is -0.131. The van der Waals surface area contributed by atoms with E-state index >= 15 is 0 Å². The Morgan fingerprint density at radius 2 is 1.82 bits per heavy atom. The first-order chi connectivity index (χ1) is 13.2. The van der Waals surface area contributed by atoms with Gasteiger partial charge in [0.15, 0.2) is 0 Å². The monoisotopic (exact) mass is 406 g/mol. The Kier molecular flexibility index (Phi) is 5.52. The molecule has 1 aromatic heterocycles. The maximum absolute atomic E-state index is 12.9. The number of rotatable bonds is 4. The Bertz CT molecular complexity index is 987. The SMILES string of the molecule is CC(=O)Oc1cccc(C(=O)N2CCN(S(=O)(=O)c3c(C)n[nH]c3C)CC2)c1.